The summed E-state index contributed by atoms with van der Waals surface area (Å²) in [7, 11) is 1.71. The van der Waals surface area contributed by atoms with Gasteiger partial charge in [0.2, 0.25) is 0 Å². The second-order valence-corrected chi connectivity index (χ2v) is 15.5. The Hall–Kier alpha value is -4.56. The molecule has 280 valence electrons. The van der Waals surface area contributed by atoms with Gasteiger partial charge in [-0.25, -0.2) is 18.0 Å². The van der Waals surface area contributed by atoms with Gasteiger partial charge < -0.3 is 25.2 Å². The molecule has 0 spiro atoms. The van der Waals surface area contributed by atoms with Crippen molar-refractivity contribution in [2.75, 3.05) is 57.0 Å². The molecule has 10 nitrogen and oxygen atoms in total. The van der Waals surface area contributed by atoms with Crippen LogP contribution < -0.4 is 15.4 Å². The van der Waals surface area contributed by atoms with E-state index in [-0.39, 0.29) is 94.2 Å². The average molecular weight is 759 g/mol. The molecular weight excluding hydrogens is 723 g/mol. The van der Waals surface area contributed by atoms with Crippen molar-refractivity contribution < 1.29 is 35.9 Å². The van der Waals surface area contributed by atoms with Crippen LogP contribution in [0.15, 0.2) is 18.2 Å². The van der Waals surface area contributed by atoms with E-state index in [1.165, 1.54) is 0 Å². The van der Waals surface area contributed by atoms with Crippen molar-refractivity contribution >= 4 is 49.2 Å². The number of fused-ring (bicyclic) bond motifs is 4. The number of nitrogens with zero attached hydrogens (tertiary/aromatic N) is 7. The second kappa shape index (κ2) is 12.8. The van der Waals surface area contributed by atoms with E-state index in [1.807, 2.05) is 11.0 Å². The third-order valence-corrected chi connectivity index (χ3v) is 12.5. The van der Waals surface area contributed by atoms with Gasteiger partial charge >= 0.3 is 18.2 Å². The Kier molecular flexibility index (Phi) is 8.56. The standard InChI is InChI=1S/C36H36F6N8O2S/c1-3-49(20-11-19-7-10-47(2)34(51)50(19)16-20)32-22-12-24(36(40,41)42)27(21-5-6-25(38)30-26(21)23(14-43)31(44)53-30)28(39)29(22)45-33(46-32)52-17-35-8-4-9-48(35)15-18(37)13-35/h5-6,12,18-20H,3-4,7-11,13,15-17,44H2,1-2H3. The Bertz CT molecular complexity index is 2190. The number of rotatable bonds is 7. The number of hydrogen-bond acceptors (Lipinski definition) is 9. The number of halogens is 6. The van der Waals surface area contributed by atoms with Gasteiger partial charge in [0, 0.05) is 62.0 Å². The molecule has 0 bridgehead atoms. The molecule has 2 amide bonds. The minimum absolute atomic E-state index is 0.00795. The molecule has 2 aromatic heterocycles. The number of nitriles is 1. The minimum atomic E-state index is -5.12. The molecule has 2 aromatic carbocycles. The summed E-state index contributed by atoms with van der Waals surface area (Å²) in [5, 5.41) is 9.28. The molecule has 4 saturated heterocycles. The van der Waals surface area contributed by atoms with Crippen LogP contribution >= 0.6 is 11.3 Å². The first kappa shape index (κ1) is 35.5. The van der Waals surface area contributed by atoms with Crippen LogP contribution in [0, 0.1) is 23.0 Å². The van der Waals surface area contributed by atoms with Gasteiger partial charge in [0.1, 0.15) is 41.0 Å². The van der Waals surface area contributed by atoms with Crippen molar-refractivity contribution in [1.82, 2.24) is 24.7 Å². The topological polar surface area (TPSA) is 115 Å². The molecule has 0 radical (unpaired) electrons. The Morgan fingerprint density at radius 2 is 2.00 bits per heavy atom. The number of alkyl halides is 4. The molecule has 17 heteroatoms. The highest BCUT2D eigenvalue weighted by atomic mass is 32.1. The van der Waals surface area contributed by atoms with Gasteiger partial charge in [-0.05, 0) is 56.8 Å². The Labute approximate surface area is 304 Å². The number of carbonyl (C=O) groups excluding carboxylic acids is 1. The number of urea groups is 1. The number of carbonyl (C=O) groups is 1. The number of benzene rings is 2. The number of nitrogen functional groups attached to an aromatic ring is 1. The van der Waals surface area contributed by atoms with E-state index >= 15 is 17.6 Å². The molecule has 4 fully saturated rings. The lowest BCUT2D eigenvalue weighted by Crippen LogP contribution is -2.50. The molecule has 0 saturated carbocycles. The van der Waals surface area contributed by atoms with Crippen molar-refractivity contribution in [3.63, 3.8) is 0 Å². The van der Waals surface area contributed by atoms with Crippen molar-refractivity contribution in [1.29, 1.82) is 5.26 Å². The first-order valence-corrected chi connectivity index (χ1v) is 18.4. The predicted octanol–water partition coefficient (Wildman–Crippen LogP) is 6.94. The first-order chi connectivity index (χ1) is 25.2. The fourth-order valence-corrected chi connectivity index (χ4v) is 9.93. The molecule has 0 aliphatic carbocycles. The minimum Gasteiger partial charge on any atom is -0.461 e. The van der Waals surface area contributed by atoms with E-state index in [2.05, 4.69) is 9.97 Å². The maximum Gasteiger partial charge on any atom is 0.417 e. The van der Waals surface area contributed by atoms with Gasteiger partial charge in [-0.15, -0.1) is 11.3 Å². The molecule has 8 rings (SSSR count). The molecule has 4 unspecified atom stereocenters. The van der Waals surface area contributed by atoms with E-state index in [0.717, 1.165) is 24.6 Å². The second-order valence-electron chi connectivity index (χ2n) is 14.4. The third kappa shape index (κ3) is 5.67. The maximum atomic E-state index is 17.3. The third-order valence-electron chi connectivity index (χ3n) is 11.4. The van der Waals surface area contributed by atoms with E-state index in [4.69, 9.17) is 10.5 Å². The fraction of sp³-hybridized carbons (Fsp3) is 0.500. The van der Waals surface area contributed by atoms with E-state index in [1.54, 1.807) is 28.7 Å². The predicted molar refractivity (Wildman–Crippen MR) is 188 cm³/mol. The van der Waals surface area contributed by atoms with E-state index < -0.39 is 46.2 Å². The van der Waals surface area contributed by atoms with Gasteiger partial charge in [-0.2, -0.15) is 28.4 Å². The molecule has 4 atom stereocenters. The summed E-state index contributed by atoms with van der Waals surface area (Å²) in [6, 6.07) is 3.63. The van der Waals surface area contributed by atoms with Gasteiger partial charge in [0.15, 0.2) is 5.82 Å². The summed E-state index contributed by atoms with van der Waals surface area (Å²) < 4.78 is 98.3. The van der Waals surface area contributed by atoms with Crippen molar-refractivity contribution in [3.8, 4) is 23.2 Å². The lowest BCUT2D eigenvalue weighted by Gasteiger charge is -2.35. The monoisotopic (exact) mass is 758 g/mol. The normalized spacial score (nSPS) is 24.7. The number of amides is 2. The Morgan fingerprint density at radius 3 is 2.74 bits per heavy atom. The fourth-order valence-electron chi connectivity index (χ4n) is 8.98. The molecule has 2 N–H and O–H groups in total. The number of aromatic nitrogens is 2. The summed E-state index contributed by atoms with van der Waals surface area (Å²) in [4.78, 5) is 29.2. The van der Waals surface area contributed by atoms with Crippen molar-refractivity contribution in [2.24, 2.45) is 0 Å². The van der Waals surface area contributed by atoms with E-state index in [9.17, 15) is 18.8 Å². The number of likely N-dealkylation sites (N-methyl/N-ethyl adjacent to an activating group) is 1. The van der Waals surface area contributed by atoms with Crippen LogP contribution in [0.25, 0.3) is 32.1 Å². The number of nitrogens with two attached hydrogens (primary N) is 1. The van der Waals surface area contributed by atoms with Gasteiger partial charge in [0.05, 0.1) is 27.4 Å². The van der Waals surface area contributed by atoms with Crippen LogP contribution in [0.2, 0.25) is 0 Å². The van der Waals surface area contributed by atoms with Crippen molar-refractivity contribution in [3.05, 3.63) is 41.0 Å². The summed E-state index contributed by atoms with van der Waals surface area (Å²) in [6.07, 6.45) is -3.22. The molecule has 4 aliphatic heterocycles. The van der Waals surface area contributed by atoms with Gasteiger partial charge in [-0.1, -0.05) is 6.07 Å². The van der Waals surface area contributed by atoms with Gasteiger partial charge in [-0.3, -0.25) is 4.90 Å². The van der Waals surface area contributed by atoms with Crippen LogP contribution in [-0.4, -0.2) is 101 Å². The zero-order chi connectivity index (χ0) is 37.6. The number of hydrogen-bond donors (Lipinski definition) is 1. The van der Waals surface area contributed by atoms with Crippen molar-refractivity contribution in [2.45, 2.75) is 69.0 Å². The lowest BCUT2D eigenvalue weighted by atomic mass is 9.92. The average Bonchev–Trinajstić information content (AvgIpc) is 3.87. The van der Waals surface area contributed by atoms with Crippen LogP contribution in [-0.2, 0) is 6.18 Å². The quantitative estimate of drug-likeness (QED) is 0.202. The van der Waals surface area contributed by atoms with E-state index in [0.29, 0.717) is 43.7 Å². The number of thiophene rings is 1. The Morgan fingerprint density at radius 1 is 1.21 bits per heavy atom. The highest BCUT2D eigenvalue weighted by Gasteiger charge is 2.50. The highest BCUT2D eigenvalue weighted by Crippen LogP contribution is 2.49. The maximum absolute atomic E-state index is 17.3. The number of ether oxygens (including phenoxy) is 1. The SMILES string of the molecule is CCN(c1nc(OCC23CCCN2CC(F)C3)nc2c(F)c(-c3ccc(F)c4sc(N)c(C#N)c34)c(C(F)(F)F)cc12)C1CC2CCN(C)C(=O)N2C1. The smallest absolute Gasteiger partial charge is 0.417 e. The summed E-state index contributed by atoms with van der Waals surface area (Å²) in [5.41, 5.74) is 1.94. The number of anilines is 2. The van der Waals surface area contributed by atoms with Crippen LogP contribution in [0.3, 0.4) is 0 Å². The molecule has 53 heavy (non-hydrogen) atoms. The van der Waals surface area contributed by atoms with Gasteiger partial charge in [0.25, 0.3) is 0 Å². The summed E-state index contributed by atoms with van der Waals surface area (Å²) in [5.74, 6) is -2.20. The largest absolute Gasteiger partial charge is 0.461 e. The Balaban J connectivity index is 1.33. The summed E-state index contributed by atoms with van der Waals surface area (Å²) >= 11 is 0.684. The molecular formula is C36H36F6N8O2S. The highest BCUT2D eigenvalue weighted by molar-refractivity contribution is 7.23. The summed E-state index contributed by atoms with van der Waals surface area (Å²) in [6.45, 7) is 3.80. The van der Waals surface area contributed by atoms with Crippen LogP contribution in [0.1, 0.15) is 50.2 Å². The van der Waals surface area contributed by atoms with Crippen LogP contribution in [0.5, 0.6) is 6.01 Å². The lowest BCUT2D eigenvalue weighted by molar-refractivity contribution is -0.137. The first-order valence-electron chi connectivity index (χ1n) is 17.6. The zero-order valence-corrected chi connectivity index (χ0v) is 29.8. The molecule has 4 aromatic rings. The zero-order valence-electron chi connectivity index (χ0n) is 28.9. The van der Waals surface area contributed by atoms with Crippen LogP contribution in [0.4, 0.5) is 42.0 Å². The molecule has 6 heterocycles. The molecule has 4 aliphatic rings.